The molecule has 2 N–H and O–H groups in total. The van der Waals surface area contributed by atoms with Crippen LogP contribution in [0.2, 0.25) is 0 Å². The van der Waals surface area contributed by atoms with Gasteiger partial charge in [0.2, 0.25) is 0 Å². The molecule has 0 saturated heterocycles. The number of aliphatic carboxylic acids is 1. The van der Waals surface area contributed by atoms with Crippen LogP contribution in [-0.2, 0) is 19.1 Å². The van der Waals surface area contributed by atoms with Crippen LogP contribution < -0.4 is 0 Å². The second-order valence-corrected chi connectivity index (χ2v) is 9.25. The lowest BCUT2D eigenvalue weighted by atomic mass is 9.81. The fraction of sp³-hybridized carbons (Fsp3) is 0.333. The fourth-order valence-corrected chi connectivity index (χ4v) is 4.66. The lowest BCUT2D eigenvalue weighted by molar-refractivity contribution is -0.144. The number of carboxylic acids is 1. The van der Waals surface area contributed by atoms with E-state index in [2.05, 4.69) is 24.8 Å². The van der Waals surface area contributed by atoms with Crippen molar-refractivity contribution in [1.82, 2.24) is 0 Å². The normalized spacial score (nSPS) is 18.3. The van der Waals surface area contributed by atoms with E-state index in [0.717, 1.165) is 6.42 Å². The molecule has 208 valence electrons. The van der Waals surface area contributed by atoms with Gasteiger partial charge in [0.05, 0.1) is 25.7 Å². The average Bonchev–Trinajstić information content (AvgIpc) is 3.32. The predicted molar refractivity (Wildman–Crippen MR) is 156 cm³/mol. The van der Waals surface area contributed by atoms with E-state index in [-0.39, 0.29) is 36.2 Å². The van der Waals surface area contributed by atoms with Gasteiger partial charge >= 0.3 is 11.9 Å². The topological polar surface area (TPSA) is 93.1 Å². The first-order valence-electron chi connectivity index (χ1n) is 13.2. The minimum Gasteiger partial charge on any atom is -0.512 e. The molecule has 0 saturated carbocycles. The standard InChI is InChI=1S/C33H40O6/c1-5-7-10-15-25(6-2)29(26-16-11-8-9-12-17-26)20-21-39-31(35)23-30(32(24(3)34)33(36)37)27-18-13-14-19-28(22-27)38-4/h5-13,15-16,18-19,22,25,29-30,34H,2,14,17,20-21,23H2,1,3-4H3,(H,36,37)/b7-5-,15-10?,32-24-. The van der Waals surface area contributed by atoms with Crippen LogP contribution >= 0.6 is 0 Å². The first kappa shape index (κ1) is 31.2. The van der Waals surface area contributed by atoms with Gasteiger partial charge in [-0.15, -0.1) is 6.58 Å². The molecule has 0 aromatic carbocycles. The fourth-order valence-electron chi connectivity index (χ4n) is 4.66. The van der Waals surface area contributed by atoms with Crippen molar-refractivity contribution in [3.63, 3.8) is 0 Å². The van der Waals surface area contributed by atoms with Gasteiger partial charge in [0, 0.05) is 11.8 Å². The van der Waals surface area contributed by atoms with Gasteiger partial charge < -0.3 is 19.7 Å². The maximum absolute atomic E-state index is 13.0. The van der Waals surface area contributed by atoms with Crippen LogP contribution in [0.4, 0.5) is 0 Å². The summed E-state index contributed by atoms with van der Waals surface area (Å²) in [6.45, 7) is 7.45. The Morgan fingerprint density at radius 2 is 1.95 bits per heavy atom. The summed E-state index contributed by atoms with van der Waals surface area (Å²) in [5.41, 5.74) is 1.51. The average molecular weight is 533 g/mol. The maximum Gasteiger partial charge on any atom is 0.335 e. The molecule has 0 aliphatic heterocycles. The quantitative estimate of drug-likeness (QED) is 0.0804. The van der Waals surface area contributed by atoms with Crippen molar-refractivity contribution in [2.75, 3.05) is 13.7 Å². The van der Waals surface area contributed by atoms with Crippen molar-refractivity contribution < 1.29 is 29.3 Å². The maximum atomic E-state index is 13.0. The zero-order chi connectivity index (χ0) is 28.6. The summed E-state index contributed by atoms with van der Waals surface area (Å²) in [5, 5.41) is 20.0. The summed E-state index contributed by atoms with van der Waals surface area (Å²) in [4.78, 5) is 25.1. The van der Waals surface area contributed by atoms with Crippen molar-refractivity contribution in [3.05, 3.63) is 120 Å². The van der Waals surface area contributed by atoms with Crippen LogP contribution in [0.15, 0.2) is 120 Å². The van der Waals surface area contributed by atoms with E-state index in [1.807, 2.05) is 61.6 Å². The Morgan fingerprint density at radius 3 is 2.62 bits per heavy atom. The lowest BCUT2D eigenvalue weighted by Gasteiger charge is -2.25. The highest BCUT2D eigenvalue weighted by molar-refractivity contribution is 5.90. The molecule has 6 nitrogen and oxygen atoms in total. The van der Waals surface area contributed by atoms with Gasteiger partial charge in [-0.2, -0.15) is 0 Å². The number of aliphatic hydroxyl groups excluding tert-OH is 1. The molecule has 0 aromatic heterocycles. The number of hydrogen-bond donors (Lipinski definition) is 2. The van der Waals surface area contributed by atoms with E-state index < -0.39 is 17.9 Å². The third-order valence-electron chi connectivity index (χ3n) is 6.62. The minimum atomic E-state index is -1.29. The number of carboxylic acid groups (broad SMARTS) is 1. The van der Waals surface area contributed by atoms with E-state index in [1.165, 1.54) is 19.6 Å². The van der Waals surface area contributed by atoms with E-state index in [0.29, 0.717) is 24.2 Å². The van der Waals surface area contributed by atoms with Crippen LogP contribution in [0.3, 0.4) is 0 Å². The summed E-state index contributed by atoms with van der Waals surface area (Å²) in [6, 6.07) is 0. The van der Waals surface area contributed by atoms with Crippen molar-refractivity contribution in [2.45, 2.75) is 39.5 Å². The summed E-state index contributed by atoms with van der Waals surface area (Å²) >= 11 is 0. The number of carbonyl (C=O) groups excluding carboxylic acids is 1. The van der Waals surface area contributed by atoms with Crippen LogP contribution in [0, 0.1) is 17.8 Å². The number of allylic oxidation sites excluding steroid dienone is 17. The van der Waals surface area contributed by atoms with Crippen LogP contribution in [0.25, 0.3) is 0 Å². The zero-order valence-corrected chi connectivity index (χ0v) is 23.1. The number of hydrogen-bond acceptors (Lipinski definition) is 5. The smallest absolute Gasteiger partial charge is 0.335 e. The lowest BCUT2D eigenvalue weighted by Crippen LogP contribution is -2.22. The summed E-state index contributed by atoms with van der Waals surface area (Å²) < 4.78 is 11.0. The van der Waals surface area contributed by atoms with Crippen molar-refractivity contribution in [2.24, 2.45) is 17.8 Å². The second-order valence-electron chi connectivity index (χ2n) is 9.25. The van der Waals surface area contributed by atoms with E-state index >= 15 is 0 Å². The molecule has 3 atom stereocenters. The zero-order valence-electron chi connectivity index (χ0n) is 23.1. The molecule has 0 aromatic rings. The molecule has 0 radical (unpaired) electrons. The Kier molecular flexibility index (Phi) is 13.4. The monoisotopic (exact) mass is 532 g/mol. The molecule has 2 rings (SSSR count). The molecule has 39 heavy (non-hydrogen) atoms. The SMILES string of the molecule is C=CC(C=C/C=C\C)C(CCOC(=O)CC(C1=CC(OC)=CCC=C1)/C(C(=O)O)=C(\C)O)C1=CC=CC=CC1. The highest BCUT2D eigenvalue weighted by atomic mass is 16.5. The Hall–Kier alpha value is -4.06. The number of ether oxygens (including phenoxy) is 2. The van der Waals surface area contributed by atoms with Crippen molar-refractivity contribution in [1.29, 1.82) is 0 Å². The third-order valence-corrected chi connectivity index (χ3v) is 6.62. The molecule has 2 aliphatic rings. The second kappa shape index (κ2) is 16.7. The largest absolute Gasteiger partial charge is 0.512 e. The molecule has 0 bridgehead atoms. The first-order chi connectivity index (χ1) is 18.8. The van der Waals surface area contributed by atoms with Crippen LogP contribution in [0.1, 0.15) is 39.5 Å². The number of carbonyl (C=O) groups is 2. The molecule has 3 unspecified atom stereocenters. The number of esters is 1. The summed E-state index contributed by atoms with van der Waals surface area (Å²) in [7, 11) is 1.52. The highest BCUT2D eigenvalue weighted by Crippen LogP contribution is 2.32. The summed E-state index contributed by atoms with van der Waals surface area (Å²) in [6.07, 6.45) is 29.0. The third kappa shape index (κ3) is 9.97. The minimum absolute atomic E-state index is 0.0397. The van der Waals surface area contributed by atoms with Crippen molar-refractivity contribution in [3.8, 4) is 0 Å². The molecular weight excluding hydrogens is 492 g/mol. The Morgan fingerprint density at radius 1 is 1.15 bits per heavy atom. The van der Waals surface area contributed by atoms with Crippen molar-refractivity contribution >= 4 is 11.9 Å². The van der Waals surface area contributed by atoms with Gasteiger partial charge in [-0.1, -0.05) is 78.5 Å². The van der Waals surface area contributed by atoms with E-state index in [4.69, 9.17) is 9.47 Å². The Bertz CT molecular complexity index is 1150. The van der Waals surface area contributed by atoms with Gasteiger partial charge in [-0.25, -0.2) is 4.79 Å². The molecule has 0 fully saturated rings. The van der Waals surface area contributed by atoms with Gasteiger partial charge in [-0.3, -0.25) is 4.79 Å². The molecule has 0 spiro atoms. The van der Waals surface area contributed by atoms with Gasteiger partial charge in [-0.05, 0) is 56.8 Å². The van der Waals surface area contributed by atoms with Crippen LogP contribution in [-0.4, -0.2) is 35.9 Å². The first-order valence-corrected chi connectivity index (χ1v) is 13.2. The highest BCUT2D eigenvalue weighted by Gasteiger charge is 2.30. The Balaban J connectivity index is 2.24. The molecular formula is C33H40O6. The summed E-state index contributed by atoms with van der Waals surface area (Å²) in [5.74, 6) is -2.45. The van der Waals surface area contributed by atoms with E-state index in [9.17, 15) is 19.8 Å². The Labute approximate surface area is 232 Å². The molecule has 0 heterocycles. The van der Waals surface area contributed by atoms with E-state index in [1.54, 1.807) is 12.2 Å². The van der Waals surface area contributed by atoms with Gasteiger partial charge in [0.1, 0.15) is 11.5 Å². The van der Waals surface area contributed by atoms with Gasteiger partial charge in [0.25, 0.3) is 0 Å². The molecule has 2 aliphatic carbocycles. The number of methoxy groups -OCH3 is 1. The molecule has 0 amide bonds. The number of rotatable bonds is 14. The van der Waals surface area contributed by atoms with Gasteiger partial charge in [0.15, 0.2) is 0 Å². The van der Waals surface area contributed by atoms with Crippen LogP contribution in [0.5, 0.6) is 0 Å². The predicted octanol–water partition coefficient (Wildman–Crippen LogP) is 7.25. The number of aliphatic hydroxyl groups is 1. The molecule has 6 heteroatoms.